The number of hydrogen-bond acceptors (Lipinski definition) is 3. The van der Waals surface area contributed by atoms with Crippen LogP contribution in [0.4, 0.5) is 4.39 Å². The van der Waals surface area contributed by atoms with E-state index in [0.717, 1.165) is 6.07 Å². The highest BCUT2D eigenvalue weighted by atomic mass is 19.1. The molecule has 6 heteroatoms. The van der Waals surface area contributed by atoms with E-state index in [9.17, 15) is 14.0 Å². The second-order valence-corrected chi connectivity index (χ2v) is 5.22. The number of hydrogen-bond donors (Lipinski definition) is 2. The lowest BCUT2D eigenvalue weighted by molar-refractivity contribution is -0.142. The molecule has 0 saturated heterocycles. The van der Waals surface area contributed by atoms with Crippen LogP contribution in [0.5, 0.6) is 5.75 Å². The number of carboxylic acids is 1. The number of carbonyl (C=O) groups is 2. The Hall–Kier alpha value is -2.11. The molecule has 0 radical (unpaired) electrons. The van der Waals surface area contributed by atoms with Crippen LogP contribution in [-0.2, 0) is 4.79 Å². The molecule has 116 valence electrons. The Morgan fingerprint density at radius 1 is 1.38 bits per heavy atom. The Bertz CT molecular complexity index is 516. The Balaban J connectivity index is 2.70. The van der Waals surface area contributed by atoms with Gasteiger partial charge in [-0.2, -0.15) is 0 Å². The normalized spacial score (nSPS) is 12.0. The van der Waals surface area contributed by atoms with Crippen LogP contribution >= 0.6 is 0 Å². The third-order valence-electron chi connectivity index (χ3n) is 3.04. The van der Waals surface area contributed by atoms with Crippen LogP contribution in [0, 0.1) is 17.7 Å². The van der Waals surface area contributed by atoms with Crippen molar-refractivity contribution in [1.29, 1.82) is 0 Å². The van der Waals surface area contributed by atoms with Crippen LogP contribution in [-0.4, -0.2) is 30.6 Å². The van der Waals surface area contributed by atoms with Gasteiger partial charge < -0.3 is 15.2 Å². The van der Waals surface area contributed by atoms with Crippen LogP contribution in [0.2, 0.25) is 0 Å². The number of carboxylic acid groups (broad SMARTS) is 1. The molecular formula is C15H20FNO4. The predicted octanol–water partition coefficient (Wildman–Crippen LogP) is 2.31. The highest BCUT2D eigenvalue weighted by Gasteiger charge is 2.21. The fraction of sp³-hybridized carbons (Fsp3) is 0.467. The molecule has 0 aliphatic carbocycles. The Labute approximate surface area is 123 Å². The van der Waals surface area contributed by atoms with E-state index in [1.807, 2.05) is 13.8 Å². The number of amides is 1. The van der Waals surface area contributed by atoms with Gasteiger partial charge in [-0.1, -0.05) is 13.8 Å². The number of methoxy groups -OCH3 is 1. The molecule has 21 heavy (non-hydrogen) atoms. The molecule has 1 unspecified atom stereocenters. The van der Waals surface area contributed by atoms with Gasteiger partial charge in [0.15, 0.2) is 0 Å². The standard InChI is InChI=1S/C15H20FNO4/c1-9(2)6-10(15(19)20)8-17-14(18)12-5-4-11(21-3)7-13(12)16/h4-5,7,9-10H,6,8H2,1-3H3,(H,17,18)(H,19,20). The molecule has 0 fully saturated rings. The average molecular weight is 297 g/mol. The predicted molar refractivity (Wildman–Crippen MR) is 75.9 cm³/mol. The zero-order chi connectivity index (χ0) is 16.0. The summed E-state index contributed by atoms with van der Waals surface area (Å²) < 4.78 is 18.6. The molecule has 0 heterocycles. The zero-order valence-electron chi connectivity index (χ0n) is 12.4. The number of benzene rings is 1. The second-order valence-electron chi connectivity index (χ2n) is 5.22. The smallest absolute Gasteiger partial charge is 0.308 e. The van der Waals surface area contributed by atoms with E-state index in [0.29, 0.717) is 12.2 Å². The van der Waals surface area contributed by atoms with E-state index in [-0.39, 0.29) is 18.0 Å². The summed E-state index contributed by atoms with van der Waals surface area (Å²) in [5.74, 6) is -2.49. The van der Waals surface area contributed by atoms with Crippen molar-refractivity contribution >= 4 is 11.9 Å². The molecular weight excluding hydrogens is 277 g/mol. The summed E-state index contributed by atoms with van der Waals surface area (Å²) in [4.78, 5) is 23.0. The van der Waals surface area contributed by atoms with Crippen molar-refractivity contribution in [2.45, 2.75) is 20.3 Å². The number of nitrogens with one attached hydrogen (secondary N) is 1. The third kappa shape index (κ3) is 5.06. The molecule has 0 aromatic heterocycles. The Morgan fingerprint density at radius 3 is 2.52 bits per heavy atom. The van der Waals surface area contributed by atoms with E-state index in [1.54, 1.807) is 0 Å². The minimum Gasteiger partial charge on any atom is -0.497 e. The van der Waals surface area contributed by atoms with Gasteiger partial charge in [-0.3, -0.25) is 9.59 Å². The molecule has 0 saturated carbocycles. The van der Waals surface area contributed by atoms with Crippen LogP contribution in [0.3, 0.4) is 0 Å². The van der Waals surface area contributed by atoms with Gasteiger partial charge in [-0.15, -0.1) is 0 Å². The summed E-state index contributed by atoms with van der Waals surface area (Å²) >= 11 is 0. The van der Waals surface area contributed by atoms with Crippen molar-refractivity contribution in [3.8, 4) is 5.75 Å². The van der Waals surface area contributed by atoms with Crippen LogP contribution < -0.4 is 10.1 Å². The van der Waals surface area contributed by atoms with E-state index in [2.05, 4.69) is 5.32 Å². The SMILES string of the molecule is COc1ccc(C(=O)NCC(CC(C)C)C(=O)O)c(F)c1. The molecule has 0 bridgehead atoms. The van der Waals surface area contributed by atoms with Crippen LogP contribution in [0.1, 0.15) is 30.6 Å². The first-order valence-corrected chi connectivity index (χ1v) is 6.69. The molecule has 0 spiro atoms. The molecule has 2 N–H and O–H groups in total. The third-order valence-corrected chi connectivity index (χ3v) is 3.04. The van der Waals surface area contributed by atoms with Crippen molar-refractivity contribution < 1.29 is 23.8 Å². The summed E-state index contributed by atoms with van der Waals surface area (Å²) in [5.41, 5.74) is -0.135. The maximum absolute atomic E-state index is 13.7. The molecule has 1 amide bonds. The quantitative estimate of drug-likeness (QED) is 0.810. The van der Waals surface area contributed by atoms with Crippen molar-refractivity contribution in [2.75, 3.05) is 13.7 Å². The number of halogens is 1. The summed E-state index contributed by atoms with van der Waals surface area (Å²) in [5, 5.41) is 11.6. The van der Waals surface area contributed by atoms with Crippen LogP contribution in [0.25, 0.3) is 0 Å². The first kappa shape index (κ1) is 16.9. The van der Waals surface area contributed by atoms with Crippen molar-refractivity contribution in [1.82, 2.24) is 5.32 Å². The molecule has 1 aromatic carbocycles. The highest BCUT2D eigenvalue weighted by Crippen LogP contribution is 2.16. The number of rotatable bonds is 7. The zero-order valence-corrected chi connectivity index (χ0v) is 12.4. The molecule has 1 atom stereocenters. The first-order valence-electron chi connectivity index (χ1n) is 6.69. The first-order chi connectivity index (χ1) is 9.85. The van der Waals surface area contributed by atoms with Gasteiger partial charge in [0.25, 0.3) is 5.91 Å². The summed E-state index contributed by atoms with van der Waals surface area (Å²) in [6.45, 7) is 3.78. The van der Waals surface area contributed by atoms with Gasteiger partial charge in [-0.05, 0) is 24.5 Å². The highest BCUT2D eigenvalue weighted by molar-refractivity contribution is 5.94. The fourth-order valence-corrected chi connectivity index (χ4v) is 1.96. The lowest BCUT2D eigenvalue weighted by Gasteiger charge is -2.15. The van der Waals surface area contributed by atoms with Gasteiger partial charge in [0.1, 0.15) is 11.6 Å². The largest absolute Gasteiger partial charge is 0.497 e. The van der Waals surface area contributed by atoms with Gasteiger partial charge in [-0.25, -0.2) is 4.39 Å². The van der Waals surface area contributed by atoms with Gasteiger partial charge >= 0.3 is 5.97 Å². The number of aliphatic carboxylic acids is 1. The maximum atomic E-state index is 13.7. The van der Waals surface area contributed by atoms with E-state index < -0.39 is 23.6 Å². The minimum atomic E-state index is -0.973. The van der Waals surface area contributed by atoms with Gasteiger partial charge in [0, 0.05) is 12.6 Å². The van der Waals surface area contributed by atoms with Crippen molar-refractivity contribution in [2.24, 2.45) is 11.8 Å². The maximum Gasteiger partial charge on any atom is 0.308 e. The van der Waals surface area contributed by atoms with Gasteiger partial charge in [0.2, 0.25) is 0 Å². The van der Waals surface area contributed by atoms with Gasteiger partial charge in [0.05, 0.1) is 18.6 Å². The second kappa shape index (κ2) is 7.61. The molecule has 1 rings (SSSR count). The minimum absolute atomic E-state index is 0.0299. The molecule has 0 aliphatic rings. The van der Waals surface area contributed by atoms with Crippen molar-refractivity contribution in [3.05, 3.63) is 29.6 Å². The molecule has 1 aromatic rings. The number of ether oxygens (including phenoxy) is 1. The molecule has 5 nitrogen and oxygen atoms in total. The molecule has 0 aliphatic heterocycles. The lowest BCUT2D eigenvalue weighted by atomic mass is 9.97. The Kier molecular flexibility index (Phi) is 6.14. The van der Waals surface area contributed by atoms with Crippen LogP contribution in [0.15, 0.2) is 18.2 Å². The summed E-state index contributed by atoms with van der Waals surface area (Å²) in [6.07, 6.45) is 0.445. The lowest BCUT2D eigenvalue weighted by Crippen LogP contribution is -2.34. The topological polar surface area (TPSA) is 75.6 Å². The monoisotopic (exact) mass is 297 g/mol. The summed E-state index contributed by atoms with van der Waals surface area (Å²) in [7, 11) is 1.40. The number of carbonyl (C=O) groups excluding carboxylic acids is 1. The fourth-order valence-electron chi connectivity index (χ4n) is 1.96. The summed E-state index contributed by atoms with van der Waals surface area (Å²) in [6, 6.07) is 3.89. The average Bonchev–Trinajstić information content (AvgIpc) is 2.42. The Morgan fingerprint density at radius 2 is 2.05 bits per heavy atom. The van der Waals surface area contributed by atoms with Crippen molar-refractivity contribution in [3.63, 3.8) is 0 Å². The van der Waals surface area contributed by atoms with E-state index >= 15 is 0 Å². The van der Waals surface area contributed by atoms with E-state index in [4.69, 9.17) is 9.84 Å². The van der Waals surface area contributed by atoms with E-state index in [1.165, 1.54) is 19.2 Å².